The molecule has 0 unspecified atom stereocenters. The van der Waals surface area contributed by atoms with Crippen molar-refractivity contribution in [2.75, 3.05) is 19.8 Å². The van der Waals surface area contributed by atoms with Crippen molar-refractivity contribution in [3.05, 3.63) is 11.4 Å². The molecule has 1 heterocycles. The van der Waals surface area contributed by atoms with Gasteiger partial charge in [-0.15, -0.1) is 0 Å². The van der Waals surface area contributed by atoms with Crippen molar-refractivity contribution in [2.24, 2.45) is 0 Å². The first-order valence-electron chi connectivity index (χ1n) is 4.78. The Kier molecular flexibility index (Phi) is 3.31. The molecule has 1 aromatic heterocycles. The number of hydrazine groups is 1. The molecule has 0 spiro atoms. The van der Waals surface area contributed by atoms with Crippen LogP contribution in [0.1, 0.15) is 23.1 Å². The van der Waals surface area contributed by atoms with E-state index >= 15 is 0 Å². The fourth-order valence-electron chi connectivity index (χ4n) is 1.32. The lowest BCUT2D eigenvalue weighted by Crippen LogP contribution is -2.37. The van der Waals surface area contributed by atoms with Gasteiger partial charge in [-0.05, 0) is 13.8 Å². The summed E-state index contributed by atoms with van der Waals surface area (Å²) in [5, 5.41) is 5.74. The van der Waals surface area contributed by atoms with E-state index < -0.39 is 0 Å². The Balaban J connectivity index is 3.06. The number of hydrogen-bond donors (Lipinski definition) is 2. The van der Waals surface area contributed by atoms with Crippen LogP contribution in [0.2, 0.25) is 0 Å². The highest BCUT2D eigenvalue weighted by molar-refractivity contribution is 5.97. The molecule has 1 aromatic rings. The van der Waals surface area contributed by atoms with E-state index in [0.717, 1.165) is 0 Å². The maximum Gasteiger partial charge on any atom is 0.285 e. The van der Waals surface area contributed by atoms with E-state index in [-0.39, 0.29) is 5.91 Å². The molecule has 0 aliphatic rings. The van der Waals surface area contributed by atoms with Gasteiger partial charge in [0.05, 0.1) is 11.4 Å². The second-order valence-electron chi connectivity index (χ2n) is 3.50. The van der Waals surface area contributed by atoms with Crippen molar-refractivity contribution in [1.29, 1.82) is 0 Å². The predicted molar refractivity (Wildman–Crippen MR) is 58.2 cm³/mol. The third-order valence-electron chi connectivity index (χ3n) is 2.01. The van der Waals surface area contributed by atoms with Crippen molar-refractivity contribution in [1.82, 2.24) is 20.2 Å². The number of anilines is 1. The first kappa shape index (κ1) is 11.5. The average molecular weight is 211 g/mol. The molecule has 3 N–H and O–H groups in total. The number of amides is 1. The molecule has 0 aliphatic carbocycles. The predicted octanol–water partition coefficient (Wildman–Crippen LogP) is 0.0000200. The first-order chi connectivity index (χ1) is 6.97. The van der Waals surface area contributed by atoms with Gasteiger partial charge in [0.1, 0.15) is 0 Å². The lowest BCUT2D eigenvalue weighted by molar-refractivity contribution is 0.0846. The van der Waals surface area contributed by atoms with Gasteiger partial charge in [0.2, 0.25) is 0 Å². The molecule has 0 radical (unpaired) electrons. The fraction of sp³-hybridized carbons (Fsp3) is 0.556. The number of hydrogen-bond acceptors (Lipinski definition) is 4. The molecule has 0 fully saturated rings. The highest BCUT2D eigenvalue weighted by atomic mass is 16.2. The molecule has 0 atom stereocenters. The van der Waals surface area contributed by atoms with Gasteiger partial charge in [-0.25, -0.2) is 5.01 Å². The Morgan fingerprint density at radius 2 is 2.20 bits per heavy atom. The largest absolute Gasteiger partial charge is 0.395 e. The third-order valence-corrected chi connectivity index (χ3v) is 2.01. The van der Waals surface area contributed by atoms with Crippen LogP contribution < -0.4 is 11.2 Å². The summed E-state index contributed by atoms with van der Waals surface area (Å²) in [5.74, 6) is -0.236. The number of carbonyl (C=O) groups excluding carboxylic acids is 1. The van der Waals surface area contributed by atoms with E-state index in [4.69, 9.17) is 5.73 Å². The minimum atomic E-state index is -0.236. The molecule has 6 heteroatoms. The topological polar surface area (TPSA) is 76.2 Å². The second-order valence-corrected chi connectivity index (χ2v) is 3.50. The molecule has 84 valence electrons. The quantitative estimate of drug-likeness (QED) is 0.690. The van der Waals surface area contributed by atoms with Crippen molar-refractivity contribution in [2.45, 2.75) is 20.4 Å². The molecule has 0 aromatic carbocycles. The smallest absolute Gasteiger partial charge is 0.285 e. The molecule has 15 heavy (non-hydrogen) atoms. The normalized spacial score (nSPS) is 10.7. The average Bonchev–Trinajstić information content (AvgIpc) is 2.41. The van der Waals surface area contributed by atoms with Crippen molar-refractivity contribution in [3.8, 4) is 0 Å². The minimum Gasteiger partial charge on any atom is -0.395 e. The SMILES string of the molecule is CCn1nc(C)c(N)c1C(=O)NN(C)C. The molecular weight excluding hydrogens is 194 g/mol. The summed E-state index contributed by atoms with van der Waals surface area (Å²) in [6.07, 6.45) is 0. The molecular formula is C9H17N5O. The minimum absolute atomic E-state index is 0.236. The number of nitrogen functional groups attached to an aromatic ring is 1. The Hall–Kier alpha value is -1.56. The van der Waals surface area contributed by atoms with Gasteiger partial charge >= 0.3 is 0 Å². The summed E-state index contributed by atoms with van der Waals surface area (Å²) in [6.45, 7) is 4.32. The van der Waals surface area contributed by atoms with Crippen LogP contribution in [0.5, 0.6) is 0 Å². The Morgan fingerprint density at radius 1 is 1.60 bits per heavy atom. The fourth-order valence-corrected chi connectivity index (χ4v) is 1.32. The molecule has 1 rings (SSSR count). The maximum absolute atomic E-state index is 11.8. The number of nitrogens with one attached hydrogen (secondary N) is 1. The van der Waals surface area contributed by atoms with Gasteiger partial charge in [0.15, 0.2) is 5.69 Å². The van der Waals surface area contributed by atoms with Crippen LogP contribution in [0, 0.1) is 6.92 Å². The first-order valence-corrected chi connectivity index (χ1v) is 4.78. The standard InChI is InChI=1S/C9H17N5O/c1-5-14-8(7(10)6(2)11-14)9(15)12-13(3)4/h5,10H2,1-4H3,(H,12,15). The van der Waals surface area contributed by atoms with E-state index in [0.29, 0.717) is 23.6 Å². The zero-order valence-electron chi connectivity index (χ0n) is 9.53. The third kappa shape index (κ3) is 2.27. The Labute approximate surface area is 89.0 Å². The lowest BCUT2D eigenvalue weighted by Gasteiger charge is -2.12. The summed E-state index contributed by atoms with van der Waals surface area (Å²) < 4.78 is 1.60. The molecule has 1 amide bonds. The van der Waals surface area contributed by atoms with E-state index in [1.807, 2.05) is 6.92 Å². The maximum atomic E-state index is 11.8. The molecule has 0 bridgehead atoms. The van der Waals surface area contributed by atoms with E-state index in [1.165, 1.54) is 0 Å². The second kappa shape index (κ2) is 4.31. The highest BCUT2D eigenvalue weighted by Crippen LogP contribution is 2.15. The lowest BCUT2D eigenvalue weighted by atomic mass is 10.3. The van der Waals surface area contributed by atoms with Gasteiger partial charge in [-0.2, -0.15) is 5.10 Å². The summed E-state index contributed by atoms with van der Waals surface area (Å²) in [6, 6.07) is 0. The number of aromatic nitrogens is 2. The molecule has 6 nitrogen and oxygen atoms in total. The van der Waals surface area contributed by atoms with Crippen LogP contribution in [0.15, 0.2) is 0 Å². The number of nitrogens with zero attached hydrogens (tertiary/aromatic N) is 3. The highest BCUT2D eigenvalue weighted by Gasteiger charge is 2.18. The molecule has 0 saturated carbocycles. The van der Waals surface area contributed by atoms with Gasteiger partial charge in [0.25, 0.3) is 5.91 Å². The zero-order valence-corrected chi connectivity index (χ0v) is 9.53. The van der Waals surface area contributed by atoms with Crippen LogP contribution in [-0.2, 0) is 6.54 Å². The number of aryl methyl sites for hydroxylation is 2. The van der Waals surface area contributed by atoms with Crippen LogP contribution in [0.25, 0.3) is 0 Å². The summed E-state index contributed by atoms with van der Waals surface area (Å²) in [4.78, 5) is 11.8. The Bertz CT molecular complexity index is 369. The van der Waals surface area contributed by atoms with Crippen molar-refractivity contribution < 1.29 is 4.79 Å². The zero-order chi connectivity index (χ0) is 11.6. The van der Waals surface area contributed by atoms with Gasteiger partial charge in [-0.3, -0.25) is 14.9 Å². The Morgan fingerprint density at radius 3 is 2.67 bits per heavy atom. The van der Waals surface area contributed by atoms with Crippen LogP contribution >= 0.6 is 0 Å². The van der Waals surface area contributed by atoms with Crippen molar-refractivity contribution >= 4 is 11.6 Å². The van der Waals surface area contributed by atoms with Gasteiger partial charge < -0.3 is 5.73 Å². The molecule has 0 saturated heterocycles. The van der Waals surface area contributed by atoms with Crippen LogP contribution in [0.3, 0.4) is 0 Å². The monoisotopic (exact) mass is 211 g/mol. The van der Waals surface area contributed by atoms with E-state index in [9.17, 15) is 4.79 Å². The number of rotatable bonds is 3. The van der Waals surface area contributed by atoms with Gasteiger partial charge in [-0.1, -0.05) is 0 Å². The summed E-state index contributed by atoms with van der Waals surface area (Å²) in [7, 11) is 3.49. The molecule has 0 aliphatic heterocycles. The van der Waals surface area contributed by atoms with Crippen LogP contribution in [-0.4, -0.2) is 34.8 Å². The van der Waals surface area contributed by atoms with Gasteiger partial charge in [0, 0.05) is 20.6 Å². The summed E-state index contributed by atoms with van der Waals surface area (Å²) >= 11 is 0. The van der Waals surface area contributed by atoms with E-state index in [2.05, 4.69) is 10.5 Å². The summed E-state index contributed by atoms with van der Waals surface area (Å²) in [5.41, 5.74) is 9.98. The number of nitrogens with two attached hydrogens (primary N) is 1. The van der Waals surface area contributed by atoms with Crippen molar-refractivity contribution in [3.63, 3.8) is 0 Å². The van der Waals surface area contributed by atoms with E-state index in [1.54, 1.807) is 30.7 Å². The van der Waals surface area contributed by atoms with Crippen LogP contribution in [0.4, 0.5) is 5.69 Å². The number of carbonyl (C=O) groups is 1.